The zero-order valence-electron chi connectivity index (χ0n) is 23.1. The maximum absolute atomic E-state index is 5.25. The Labute approximate surface area is 245 Å². The zero-order valence-corrected chi connectivity index (χ0v) is 23.1. The molecule has 0 spiro atoms. The predicted octanol–water partition coefficient (Wildman–Crippen LogP) is 8.44. The summed E-state index contributed by atoms with van der Waals surface area (Å²) in [6, 6.07) is 45.6. The maximum atomic E-state index is 5.25. The summed E-state index contributed by atoms with van der Waals surface area (Å²) in [5, 5.41) is 15.9. The number of nitrogens with zero attached hydrogens (tertiary/aromatic N) is 1. The minimum absolute atomic E-state index is 0.109. The van der Waals surface area contributed by atoms with Crippen molar-refractivity contribution in [1.82, 2.24) is 10.6 Å². The Morgan fingerprint density at radius 2 is 1.31 bits per heavy atom. The van der Waals surface area contributed by atoms with E-state index in [0.717, 1.165) is 23.5 Å². The van der Waals surface area contributed by atoms with Gasteiger partial charge >= 0.3 is 0 Å². The van der Waals surface area contributed by atoms with Crippen LogP contribution in [0.3, 0.4) is 0 Å². The molecule has 0 radical (unpaired) electrons. The van der Waals surface area contributed by atoms with E-state index in [-0.39, 0.29) is 12.3 Å². The average Bonchev–Trinajstić information content (AvgIpc) is 3.07. The Bertz CT molecular complexity index is 2020. The highest BCUT2D eigenvalue weighted by Gasteiger charge is 2.26. The van der Waals surface area contributed by atoms with Crippen molar-refractivity contribution in [2.75, 3.05) is 11.9 Å². The molecule has 2 heterocycles. The number of benzene rings is 6. The molecule has 42 heavy (non-hydrogen) atoms. The van der Waals surface area contributed by atoms with Crippen LogP contribution in [-0.4, -0.2) is 12.4 Å². The first-order chi connectivity index (χ1) is 20.8. The van der Waals surface area contributed by atoms with Crippen LogP contribution in [0.4, 0.5) is 5.69 Å². The third-order valence-electron chi connectivity index (χ3n) is 8.29. The molecular weight excluding hydrogens is 512 g/mol. The first kappa shape index (κ1) is 24.6. The van der Waals surface area contributed by atoms with Crippen molar-refractivity contribution in [3.63, 3.8) is 0 Å². The molecule has 0 fully saturated rings. The Balaban J connectivity index is 1.20. The molecule has 202 valence electrons. The summed E-state index contributed by atoms with van der Waals surface area (Å²) in [5.74, 6) is 0.887. The maximum Gasteiger partial charge on any atom is 0.131 e. The molecule has 0 aromatic heterocycles. The van der Waals surface area contributed by atoms with E-state index >= 15 is 0 Å². The molecule has 0 saturated heterocycles. The molecule has 4 nitrogen and oxygen atoms in total. The summed E-state index contributed by atoms with van der Waals surface area (Å²) in [6.07, 6.45) is 4.01. The van der Waals surface area contributed by atoms with Gasteiger partial charge in [-0.1, -0.05) is 115 Å². The number of rotatable bonds is 4. The zero-order chi connectivity index (χ0) is 27.9. The van der Waals surface area contributed by atoms with Crippen LogP contribution < -0.4 is 16.0 Å². The molecule has 4 heteroatoms. The van der Waals surface area contributed by atoms with E-state index in [2.05, 4.69) is 155 Å². The minimum atomic E-state index is -0.220. The molecule has 6 aromatic rings. The number of aliphatic imine (C=N–C) groups is 1. The van der Waals surface area contributed by atoms with E-state index in [1.54, 1.807) is 0 Å². The van der Waals surface area contributed by atoms with Crippen molar-refractivity contribution in [2.45, 2.75) is 12.3 Å². The van der Waals surface area contributed by atoms with Crippen LogP contribution in [0.5, 0.6) is 0 Å². The lowest BCUT2D eigenvalue weighted by molar-refractivity contribution is 0.409. The molecule has 0 amide bonds. The Morgan fingerprint density at radius 1 is 0.571 bits per heavy atom. The van der Waals surface area contributed by atoms with E-state index in [1.807, 2.05) is 0 Å². The second kappa shape index (κ2) is 10.3. The van der Waals surface area contributed by atoms with Crippen LogP contribution in [-0.2, 0) is 0 Å². The quantitative estimate of drug-likeness (QED) is 0.210. The first-order valence-corrected chi connectivity index (χ1v) is 14.5. The van der Waals surface area contributed by atoms with Gasteiger partial charge in [-0.05, 0) is 73.6 Å². The molecule has 0 saturated carbocycles. The Hall–Kier alpha value is -5.19. The van der Waals surface area contributed by atoms with E-state index in [1.165, 1.54) is 49.5 Å². The van der Waals surface area contributed by atoms with Crippen molar-refractivity contribution < 1.29 is 0 Å². The number of fused-ring (bicyclic) bond motifs is 3. The van der Waals surface area contributed by atoms with Crippen LogP contribution in [0.2, 0.25) is 0 Å². The Kier molecular flexibility index (Phi) is 6.05. The van der Waals surface area contributed by atoms with Crippen LogP contribution in [0.25, 0.3) is 38.7 Å². The summed E-state index contributed by atoms with van der Waals surface area (Å²) in [6.45, 7) is 0.859. The lowest BCUT2D eigenvalue weighted by atomic mass is 9.98. The third-order valence-corrected chi connectivity index (χ3v) is 8.29. The fourth-order valence-electron chi connectivity index (χ4n) is 6.05. The van der Waals surface area contributed by atoms with Gasteiger partial charge in [-0.25, -0.2) is 4.99 Å². The highest BCUT2D eigenvalue weighted by atomic mass is 15.3. The summed E-state index contributed by atoms with van der Waals surface area (Å²) < 4.78 is 0. The van der Waals surface area contributed by atoms with Gasteiger partial charge in [0.05, 0.1) is 0 Å². The SMILES string of the molecule is C1=Cc2ccc(-c3cccc(C4N=C(c5ccc6ccccc6c5)NC(c5ccc6ccccc6c5)N4)c3)cc2NC1. The second-order valence-electron chi connectivity index (χ2n) is 11.0. The first-order valence-electron chi connectivity index (χ1n) is 14.5. The molecule has 2 unspecified atom stereocenters. The number of hydrogen-bond donors (Lipinski definition) is 3. The molecular formula is C38H30N4. The fourth-order valence-corrected chi connectivity index (χ4v) is 6.05. The normalized spacial score (nSPS) is 17.8. The standard InChI is InChI=1S/C38H30N4/c1-3-9-28-21-33(18-14-25(28)7-1)37-40-36(41-38(42-37)34-19-15-26-8-2-4-10-29(26)22-34)32-12-5-11-30(23-32)31-17-16-27-13-6-20-39-35(27)24-31/h1-19,21-24,36-37,39-40H,20H2,(H,41,42). The fraction of sp³-hybridized carbons (Fsp3) is 0.0789. The van der Waals surface area contributed by atoms with Crippen molar-refractivity contribution in [3.8, 4) is 11.1 Å². The number of hydrogen-bond acceptors (Lipinski definition) is 4. The summed E-state index contributed by atoms with van der Waals surface area (Å²) >= 11 is 0. The van der Waals surface area contributed by atoms with Crippen LogP contribution >= 0.6 is 0 Å². The van der Waals surface area contributed by atoms with Gasteiger partial charge in [0.2, 0.25) is 0 Å². The van der Waals surface area contributed by atoms with Gasteiger partial charge in [-0.3, -0.25) is 5.32 Å². The summed E-state index contributed by atoms with van der Waals surface area (Å²) in [4.78, 5) is 5.25. The lowest BCUT2D eigenvalue weighted by Gasteiger charge is -2.32. The van der Waals surface area contributed by atoms with E-state index in [9.17, 15) is 0 Å². The van der Waals surface area contributed by atoms with Gasteiger partial charge in [0, 0.05) is 17.8 Å². The van der Waals surface area contributed by atoms with Crippen LogP contribution in [0.1, 0.15) is 34.6 Å². The molecule has 2 aliphatic heterocycles. The van der Waals surface area contributed by atoms with E-state index < -0.39 is 0 Å². The second-order valence-corrected chi connectivity index (χ2v) is 11.0. The minimum Gasteiger partial charge on any atom is -0.381 e. The van der Waals surface area contributed by atoms with Gasteiger partial charge in [0.1, 0.15) is 18.2 Å². The van der Waals surface area contributed by atoms with Gasteiger partial charge in [-0.2, -0.15) is 0 Å². The third kappa shape index (κ3) is 4.62. The largest absolute Gasteiger partial charge is 0.381 e. The van der Waals surface area contributed by atoms with Crippen molar-refractivity contribution in [3.05, 3.63) is 156 Å². The number of nitrogens with one attached hydrogen (secondary N) is 3. The van der Waals surface area contributed by atoms with Crippen molar-refractivity contribution in [1.29, 1.82) is 0 Å². The van der Waals surface area contributed by atoms with Gasteiger partial charge < -0.3 is 10.6 Å². The van der Waals surface area contributed by atoms with Crippen molar-refractivity contribution in [2.24, 2.45) is 4.99 Å². The summed E-state index contributed by atoms with van der Waals surface area (Å²) in [5.41, 5.74) is 8.16. The van der Waals surface area contributed by atoms with Gasteiger partial charge in [0.15, 0.2) is 0 Å². The average molecular weight is 543 g/mol. The Morgan fingerprint density at radius 3 is 2.17 bits per heavy atom. The lowest BCUT2D eigenvalue weighted by Crippen LogP contribution is -2.44. The predicted molar refractivity (Wildman–Crippen MR) is 176 cm³/mol. The monoisotopic (exact) mass is 542 g/mol. The summed E-state index contributed by atoms with van der Waals surface area (Å²) in [7, 11) is 0. The molecule has 8 rings (SSSR count). The molecule has 0 aliphatic carbocycles. The van der Waals surface area contributed by atoms with E-state index in [0.29, 0.717) is 0 Å². The number of anilines is 1. The van der Waals surface area contributed by atoms with Gasteiger partial charge in [-0.15, -0.1) is 0 Å². The molecule has 0 bridgehead atoms. The van der Waals surface area contributed by atoms with Gasteiger partial charge in [0.25, 0.3) is 0 Å². The topological polar surface area (TPSA) is 48.5 Å². The van der Waals surface area contributed by atoms with Crippen LogP contribution in [0.15, 0.2) is 138 Å². The molecule has 6 aromatic carbocycles. The number of amidine groups is 1. The van der Waals surface area contributed by atoms with Crippen LogP contribution in [0, 0.1) is 0 Å². The van der Waals surface area contributed by atoms with Crippen molar-refractivity contribution >= 4 is 39.1 Å². The smallest absolute Gasteiger partial charge is 0.131 e. The molecule has 2 aliphatic rings. The molecule has 3 N–H and O–H groups in total. The highest BCUT2D eigenvalue weighted by molar-refractivity contribution is 6.02. The highest BCUT2D eigenvalue weighted by Crippen LogP contribution is 2.32. The van der Waals surface area contributed by atoms with E-state index in [4.69, 9.17) is 4.99 Å². The molecule has 2 atom stereocenters.